The maximum atomic E-state index is 13.1. The SMILES string of the molecule is COCCn1c(C2NN/C(=N\[C@H]3N=C(c4ccccc4)c4ccccc4NC3=O)O2)nc2ccccc21. The number of nitrogens with zero attached hydrogens (tertiary/aromatic N) is 4. The highest BCUT2D eigenvalue weighted by atomic mass is 16.5. The summed E-state index contributed by atoms with van der Waals surface area (Å²) in [6.07, 6.45) is -1.68. The van der Waals surface area contributed by atoms with Gasteiger partial charge in [-0.05, 0) is 18.2 Å². The fraction of sp³-hybridized carbons (Fsp3) is 0.185. The number of hydrazine groups is 1. The van der Waals surface area contributed by atoms with Crippen LogP contribution < -0.4 is 16.2 Å². The zero-order valence-corrected chi connectivity index (χ0v) is 20.1. The average Bonchev–Trinajstić information content (AvgIpc) is 3.51. The van der Waals surface area contributed by atoms with Crippen molar-refractivity contribution >= 4 is 34.4 Å². The minimum atomic E-state index is -1.06. The molecule has 0 aliphatic carbocycles. The Kier molecular flexibility index (Phi) is 6.09. The number of hydrogen-bond acceptors (Lipinski definition) is 7. The Morgan fingerprint density at radius 3 is 2.68 bits per heavy atom. The first-order valence-corrected chi connectivity index (χ1v) is 11.9. The Hall–Kier alpha value is -4.54. The summed E-state index contributed by atoms with van der Waals surface area (Å²) in [5.41, 5.74) is 10.9. The quantitative estimate of drug-likeness (QED) is 0.379. The largest absolute Gasteiger partial charge is 0.436 e. The van der Waals surface area contributed by atoms with Gasteiger partial charge in [-0.25, -0.2) is 9.98 Å². The maximum Gasteiger partial charge on any atom is 0.304 e. The van der Waals surface area contributed by atoms with Gasteiger partial charge in [0.2, 0.25) is 12.4 Å². The Labute approximate surface area is 213 Å². The van der Waals surface area contributed by atoms with Crippen LogP contribution in [0.4, 0.5) is 5.69 Å². The molecule has 37 heavy (non-hydrogen) atoms. The average molecular weight is 496 g/mol. The topological polar surface area (TPSA) is 114 Å². The number of aliphatic imine (C=N–C) groups is 2. The van der Waals surface area contributed by atoms with Gasteiger partial charge in [0, 0.05) is 24.8 Å². The number of benzene rings is 3. The molecule has 0 saturated carbocycles. The number of amidine groups is 1. The van der Waals surface area contributed by atoms with Crippen LogP contribution in [0.3, 0.4) is 0 Å². The summed E-state index contributed by atoms with van der Waals surface area (Å²) in [6, 6.07) is 25.3. The van der Waals surface area contributed by atoms with Gasteiger partial charge in [0.25, 0.3) is 5.91 Å². The van der Waals surface area contributed by atoms with Gasteiger partial charge in [-0.3, -0.25) is 10.2 Å². The van der Waals surface area contributed by atoms with E-state index in [-0.39, 0.29) is 11.9 Å². The Morgan fingerprint density at radius 2 is 1.81 bits per heavy atom. The van der Waals surface area contributed by atoms with Gasteiger partial charge in [-0.2, -0.15) is 10.4 Å². The first-order chi connectivity index (χ1) is 18.2. The number of methoxy groups -OCH3 is 1. The molecule has 3 heterocycles. The van der Waals surface area contributed by atoms with Crippen LogP contribution in [0.15, 0.2) is 88.8 Å². The van der Waals surface area contributed by atoms with Gasteiger partial charge in [0.1, 0.15) is 0 Å². The van der Waals surface area contributed by atoms with Crippen LogP contribution in [-0.4, -0.2) is 47.1 Å². The number of carbonyl (C=O) groups excluding carboxylic acids is 1. The standard InChI is InChI=1S/C27H25N7O3/c1-36-16-15-34-21-14-8-7-13-20(21)28-24(34)26-32-33-27(37-26)31-23-25(35)29-19-12-6-5-11-18(19)22(30-23)17-9-3-2-4-10-17/h2-14,23,26,32H,15-16H2,1H3,(H,29,35)(H,31,33)/t23-,26?/m1/s1. The van der Waals surface area contributed by atoms with E-state index in [0.29, 0.717) is 30.4 Å². The van der Waals surface area contributed by atoms with Crippen LogP contribution in [0, 0.1) is 0 Å². The zero-order valence-electron chi connectivity index (χ0n) is 20.1. The summed E-state index contributed by atoms with van der Waals surface area (Å²) in [4.78, 5) is 27.1. The molecule has 0 radical (unpaired) electrons. The number of ether oxygens (including phenoxy) is 2. The lowest BCUT2D eigenvalue weighted by Crippen LogP contribution is -2.31. The molecular weight excluding hydrogens is 470 g/mol. The molecule has 4 aromatic rings. The van der Waals surface area contributed by atoms with E-state index in [1.807, 2.05) is 83.4 Å². The number of hydrogen-bond donors (Lipinski definition) is 3. The van der Waals surface area contributed by atoms with Crippen molar-refractivity contribution in [3.63, 3.8) is 0 Å². The highest BCUT2D eigenvalue weighted by Crippen LogP contribution is 2.26. The number of amides is 1. The second-order valence-corrected chi connectivity index (χ2v) is 8.56. The fourth-order valence-corrected chi connectivity index (χ4v) is 4.46. The van der Waals surface area contributed by atoms with Crippen molar-refractivity contribution in [3.05, 3.63) is 95.8 Å². The van der Waals surface area contributed by atoms with Crippen LogP contribution >= 0.6 is 0 Å². The molecule has 10 heteroatoms. The molecule has 1 fully saturated rings. The van der Waals surface area contributed by atoms with Crippen LogP contribution in [-0.2, 0) is 20.8 Å². The number of aromatic nitrogens is 2. The highest BCUT2D eigenvalue weighted by Gasteiger charge is 2.31. The third-order valence-electron chi connectivity index (χ3n) is 6.19. The molecule has 3 N–H and O–H groups in total. The molecular formula is C27H25N7O3. The summed E-state index contributed by atoms with van der Waals surface area (Å²) in [7, 11) is 1.66. The smallest absolute Gasteiger partial charge is 0.304 e. The van der Waals surface area contributed by atoms with Crippen molar-refractivity contribution in [2.24, 2.45) is 9.98 Å². The lowest BCUT2D eigenvalue weighted by molar-refractivity contribution is -0.117. The summed E-state index contributed by atoms with van der Waals surface area (Å²) >= 11 is 0. The normalized spacial score (nSPS) is 20.1. The van der Waals surface area contributed by atoms with E-state index in [2.05, 4.69) is 21.2 Å². The van der Waals surface area contributed by atoms with Crippen molar-refractivity contribution in [1.29, 1.82) is 0 Å². The highest BCUT2D eigenvalue weighted by molar-refractivity contribution is 6.19. The van der Waals surface area contributed by atoms with Crippen molar-refractivity contribution in [1.82, 2.24) is 20.4 Å². The second-order valence-electron chi connectivity index (χ2n) is 8.56. The van der Waals surface area contributed by atoms with Gasteiger partial charge in [-0.1, -0.05) is 60.7 Å². The predicted molar refractivity (Wildman–Crippen MR) is 140 cm³/mol. The van der Waals surface area contributed by atoms with Crippen molar-refractivity contribution in [2.75, 3.05) is 19.0 Å². The van der Waals surface area contributed by atoms with Gasteiger partial charge in [0.05, 0.1) is 29.0 Å². The summed E-state index contributed by atoms with van der Waals surface area (Å²) in [5.74, 6) is 0.314. The molecule has 0 bridgehead atoms. The van der Waals surface area contributed by atoms with Crippen molar-refractivity contribution in [3.8, 4) is 0 Å². The van der Waals surface area contributed by atoms with Crippen molar-refractivity contribution in [2.45, 2.75) is 18.9 Å². The Morgan fingerprint density at radius 1 is 1.03 bits per heavy atom. The van der Waals surface area contributed by atoms with Crippen molar-refractivity contribution < 1.29 is 14.3 Å². The zero-order chi connectivity index (χ0) is 25.2. The number of nitrogens with one attached hydrogen (secondary N) is 3. The number of rotatable bonds is 6. The minimum absolute atomic E-state index is 0.151. The lowest BCUT2D eigenvalue weighted by Gasteiger charge is -2.12. The maximum absolute atomic E-state index is 13.1. The molecule has 1 aromatic heterocycles. The Balaban J connectivity index is 1.32. The van der Waals surface area contributed by atoms with Gasteiger partial charge in [0.15, 0.2) is 5.82 Å². The van der Waals surface area contributed by atoms with Crippen LogP contribution in [0.5, 0.6) is 0 Å². The van der Waals surface area contributed by atoms with Crippen LogP contribution in [0.25, 0.3) is 11.0 Å². The summed E-state index contributed by atoms with van der Waals surface area (Å²) < 4.78 is 13.4. The van der Waals surface area contributed by atoms with Gasteiger partial charge >= 0.3 is 6.02 Å². The number of imidazole rings is 1. The van der Waals surface area contributed by atoms with Crippen LogP contribution in [0.1, 0.15) is 23.2 Å². The lowest BCUT2D eigenvalue weighted by atomic mass is 10.0. The van der Waals surface area contributed by atoms with E-state index in [9.17, 15) is 4.79 Å². The predicted octanol–water partition coefficient (Wildman–Crippen LogP) is 2.98. The summed E-state index contributed by atoms with van der Waals surface area (Å²) in [6.45, 7) is 1.13. The molecule has 1 amide bonds. The molecule has 0 spiro atoms. The molecule has 10 nitrogen and oxygen atoms in total. The van der Waals surface area contributed by atoms with E-state index in [1.54, 1.807) is 7.11 Å². The molecule has 1 saturated heterocycles. The van der Waals surface area contributed by atoms with E-state index >= 15 is 0 Å². The molecule has 2 atom stereocenters. The first-order valence-electron chi connectivity index (χ1n) is 11.9. The second kappa shape index (κ2) is 9.84. The first kappa shape index (κ1) is 22.9. The van der Waals surface area contributed by atoms with E-state index in [0.717, 1.165) is 22.2 Å². The molecule has 2 aliphatic rings. The number of anilines is 1. The minimum Gasteiger partial charge on any atom is -0.436 e. The monoisotopic (exact) mass is 495 g/mol. The van der Waals surface area contributed by atoms with Gasteiger partial charge in [-0.15, -0.1) is 0 Å². The molecule has 1 unspecified atom stereocenters. The molecule has 2 aliphatic heterocycles. The summed E-state index contributed by atoms with van der Waals surface area (Å²) in [5, 5.41) is 2.94. The van der Waals surface area contributed by atoms with Crippen LogP contribution in [0.2, 0.25) is 0 Å². The third kappa shape index (κ3) is 4.44. The number of carbonyl (C=O) groups is 1. The molecule has 3 aromatic carbocycles. The van der Waals surface area contributed by atoms with E-state index < -0.39 is 12.4 Å². The fourth-order valence-electron chi connectivity index (χ4n) is 4.46. The van der Waals surface area contributed by atoms with Gasteiger partial charge < -0.3 is 19.4 Å². The number of para-hydroxylation sites is 3. The molecule has 186 valence electrons. The van der Waals surface area contributed by atoms with E-state index in [4.69, 9.17) is 19.5 Å². The number of fused-ring (bicyclic) bond motifs is 2. The van der Waals surface area contributed by atoms with E-state index in [1.165, 1.54) is 0 Å². The Bertz CT molecular complexity index is 1510. The third-order valence-corrected chi connectivity index (χ3v) is 6.19. The molecule has 6 rings (SSSR count). The number of benzodiazepines with no additional fused rings is 1.